The number of carbonyl (C=O) groups is 2. The van der Waals surface area contributed by atoms with E-state index >= 15 is 0 Å². The molecule has 0 radical (unpaired) electrons. The first-order valence-corrected chi connectivity index (χ1v) is 8.17. The maximum atomic E-state index is 12.1. The van der Waals surface area contributed by atoms with Gasteiger partial charge >= 0.3 is 0 Å². The summed E-state index contributed by atoms with van der Waals surface area (Å²) in [6.45, 7) is 0.669. The number of benzene rings is 1. The number of carbonyl (C=O) groups excluding carboxylic acids is 2. The molecule has 2 amide bonds. The van der Waals surface area contributed by atoms with Crippen LogP contribution < -0.4 is 10.8 Å². The molecule has 23 heavy (non-hydrogen) atoms. The lowest BCUT2D eigenvalue weighted by Crippen LogP contribution is -2.34. The van der Waals surface area contributed by atoms with Crippen molar-refractivity contribution in [3.63, 3.8) is 0 Å². The summed E-state index contributed by atoms with van der Waals surface area (Å²) in [6.07, 6.45) is 3.95. The first kappa shape index (κ1) is 16.0. The number of rotatable bonds is 5. The Bertz CT molecular complexity index is 569. The fourth-order valence-electron chi connectivity index (χ4n) is 2.94. The minimum absolute atomic E-state index is 0.0203. The second-order valence-electron chi connectivity index (χ2n) is 6.03. The van der Waals surface area contributed by atoms with Gasteiger partial charge in [0.1, 0.15) is 0 Å². The fourth-order valence-corrected chi connectivity index (χ4v) is 2.94. The average molecular weight is 318 g/mol. The van der Waals surface area contributed by atoms with E-state index < -0.39 is 0 Å². The lowest BCUT2D eigenvalue weighted by atomic mass is 9.90. The van der Waals surface area contributed by atoms with Crippen LogP contribution in [0.2, 0.25) is 0 Å². The number of fused-ring (bicyclic) bond motifs is 1. The highest BCUT2D eigenvalue weighted by Crippen LogP contribution is 2.27. The molecule has 2 atom stereocenters. The number of anilines is 1. The lowest BCUT2D eigenvalue weighted by molar-refractivity contribution is -0.200. The van der Waals surface area contributed by atoms with E-state index in [4.69, 9.17) is 9.57 Å². The van der Waals surface area contributed by atoms with Gasteiger partial charge in [0.15, 0.2) is 6.29 Å². The van der Waals surface area contributed by atoms with E-state index in [1.54, 1.807) is 0 Å². The molecular weight excluding hydrogens is 296 g/mol. The predicted octanol–water partition coefficient (Wildman–Crippen LogP) is 2.15. The SMILES string of the molecule is O=C(CCC1Cc2ccccc2NC1=O)NOC1CCCCO1. The van der Waals surface area contributed by atoms with Crippen LogP contribution in [0.1, 0.15) is 37.7 Å². The van der Waals surface area contributed by atoms with E-state index in [2.05, 4.69) is 10.8 Å². The minimum atomic E-state index is -0.349. The Labute approximate surface area is 135 Å². The van der Waals surface area contributed by atoms with Crippen molar-refractivity contribution in [2.45, 2.75) is 44.8 Å². The zero-order chi connectivity index (χ0) is 16.1. The van der Waals surface area contributed by atoms with E-state index in [1.807, 2.05) is 24.3 Å². The van der Waals surface area contributed by atoms with Crippen LogP contribution in [0.5, 0.6) is 0 Å². The molecule has 2 heterocycles. The summed E-state index contributed by atoms with van der Waals surface area (Å²) in [5, 5.41) is 2.90. The van der Waals surface area contributed by atoms with Crippen molar-refractivity contribution in [2.24, 2.45) is 5.92 Å². The van der Waals surface area contributed by atoms with Gasteiger partial charge in [-0.25, -0.2) is 10.3 Å². The summed E-state index contributed by atoms with van der Waals surface area (Å²) in [7, 11) is 0. The molecule has 0 bridgehead atoms. The fraction of sp³-hybridized carbons (Fsp3) is 0.529. The van der Waals surface area contributed by atoms with Crippen LogP contribution >= 0.6 is 0 Å². The molecule has 3 rings (SSSR count). The highest BCUT2D eigenvalue weighted by atomic mass is 16.8. The molecule has 1 fully saturated rings. The normalized spacial score (nSPS) is 23.7. The van der Waals surface area contributed by atoms with E-state index in [-0.39, 0.29) is 30.4 Å². The molecule has 1 aromatic carbocycles. The average Bonchev–Trinajstić information content (AvgIpc) is 2.59. The molecule has 6 nitrogen and oxygen atoms in total. The van der Waals surface area contributed by atoms with Crippen LogP contribution in [-0.4, -0.2) is 24.7 Å². The lowest BCUT2D eigenvalue weighted by Gasteiger charge is -2.25. The van der Waals surface area contributed by atoms with Crippen LogP contribution in [-0.2, 0) is 25.6 Å². The second-order valence-corrected chi connectivity index (χ2v) is 6.03. The molecule has 2 aliphatic heterocycles. The summed E-state index contributed by atoms with van der Waals surface area (Å²) in [5.74, 6) is -0.416. The van der Waals surface area contributed by atoms with Crippen molar-refractivity contribution in [1.29, 1.82) is 0 Å². The maximum absolute atomic E-state index is 12.1. The number of ether oxygens (including phenoxy) is 1. The largest absolute Gasteiger partial charge is 0.350 e. The monoisotopic (exact) mass is 318 g/mol. The molecular formula is C17H22N2O4. The first-order chi connectivity index (χ1) is 11.2. The third-order valence-corrected chi connectivity index (χ3v) is 4.27. The van der Waals surface area contributed by atoms with Gasteiger partial charge in [-0.3, -0.25) is 9.59 Å². The topological polar surface area (TPSA) is 76.7 Å². The predicted molar refractivity (Wildman–Crippen MR) is 84.3 cm³/mol. The quantitative estimate of drug-likeness (QED) is 0.816. The first-order valence-electron chi connectivity index (χ1n) is 8.17. The van der Waals surface area contributed by atoms with Gasteiger partial charge in [-0.05, 0) is 37.3 Å². The molecule has 124 valence electrons. The number of hydrogen-bond acceptors (Lipinski definition) is 4. The standard InChI is InChI=1S/C17H22N2O4/c20-15(19-23-16-7-3-4-10-22-16)9-8-13-11-12-5-1-2-6-14(12)18-17(13)21/h1-2,5-6,13,16H,3-4,7-11H2,(H,18,21)(H,19,20). The zero-order valence-corrected chi connectivity index (χ0v) is 13.0. The highest BCUT2D eigenvalue weighted by molar-refractivity contribution is 5.95. The molecule has 6 heteroatoms. The Morgan fingerprint density at radius 2 is 2.22 bits per heavy atom. The van der Waals surface area contributed by atoms with Crippen molar-refractivity contribution in [3.8, 4) is 0 Å². The molecule has 2 N–H and O–H groups in total. The molecule has 0 saturated carbocycles. The molecule has 1 saturated heterocycles. The Kier molecular flexibility index (Phi) is 5.25. The van der Waals surface area contributed by atoms with E-state index in [0.29, 0.717) is 19.4 Å². The smallest absolute Gasteiger partial charge is 0.243 e. The van der Waals surface area contributed by atoms with Crippen LogP contribution in [0.15, 0.2) is 24.3 Å². The minimum Gasteiger partial charge on any atom is -0.350 e. The van der Waals surface area contributed by atoms with Crippen molar-refractivity contribution >= 4 is 17.5 Å². The summed E-state index contributed by atoms with van der Waals surface area (Å²) in [5.41, 5.74) is 4.42. The summed E-state index contributed by atoms with van der Waals surface area (Å²) in [6, 6.07) is 7.76. The molecule has 2 aliphatic rings. The van der Waals surface area contributed by atoms with Gasteiger partial charge in [0.2, 0.25) is 11.8 Å². The summed E-state index contributed by atoms with van der Waals surface area (Å²) >= 11 is 0. The zero-order valence-electron chi connectivity index (χ0n) is 13.0. The van der Waals surface area contributed by atoms with Crippen molar-refractivity contribution < 1.29 is 19.2 Å². The van der Waals surface area contributed by atoms with Gasteiger partial charge in [-0.15, -0.1) is 0 Å². The van der Waals surface area contributed by atoms with Gasteiger partial charge in [-0.1, -0.05) is 18.2 Å². The Hall–Kier alpha value is -1.92. The van der Waals surface area contributed by atoms with Crippen LogP contribution in [0.25, 0.3) is 0 Å². The van der Waals surface area contributed by atoms with Crippen LogP contribution in [0.4, 0.5) is 5.69 Å². The molecule has 0 spiro atoms. The van der Waals surface area contributed by atoms with Crippen LogP contribution in [0.3, 0.4) is 0 Å². The summed E-state index contributed by atoms with van der Waals surface area (Å²) < 4.78 is 5.38. The molecule has 0 aliphatic carbocycles. The van der Waals surface area contributed by atoms with E-state index in [1.165, 1.54) is 0 Å². The Morgan fingerprint density at radius 3 is 3.04 bits per heavy atom. The molecule has 0 aromatic heterocycles. The van der Waals surface area contributed by atoms with Gasteiger partial charge in [0, 0.05) is 31.1 Å². The second kappa shape index (κ2) is 7.57. The number of para-hydroxylation sites is 1. The van der Waals surface area contributed by atoms with Crippen molar-refractivity contribution in [3.05, 3.63) is 29.8 Å². The number of hydroxylamine groups is 1. The van der Waals surface area contributed by atoms with E-state index in [9.17, 15) is 9.59 Å². The molecule has 1 aromatic rings. The summed E-state index contributed by atoms with van der Waals surface area (Å²) in [4.78, 5) is 29.2. The molecule has 2 unspecified atom stereocenters. The van der Waals surface area contributed by atoms with Gasteiger partial charge in [0.05, 0.1) is 0 Å². The third-order valence-electron chi connectivity index (χ3n) is 4.27. The highest BCUT2D eigenvalue weighted by Gasteiger charge is 2.26. The third kappa shape index (κ3) is 4.30. The van der Waals surface area contributed by atoms with E-state index in [0.717, 1.165) is 30.5 Å². The van der Waals surface area contributed by atoms with Crippen LogP contribution in [0, 0.1) is 5.92 Å². The number of hydrogen-bond donors (Lipinski definition) is 2. The van der Waals surface area contributed by atoms with Gasteiger partial charge in [0.25, 0.3) is 0 Å². The van der Waals surface area contributed by atoms with Crippen molar-refractivity contribution in [1.82, 2.24) is 5.48 Å². The Morgan fingerprint density at radius 1 is 1.35 bits per heavy atom. The van der Waals surface area contributed by atoms with Gasteiger partial charge < -0.3 is 10.1 Å². The Balaban J connectivity index is 1.43. The van der Waals surface area contributed by atoms with Gasteiger partial charge in [-0.2, -0.15) is 0 Å². The maximum Gasteiger partial charge on any atom is 0.243 e. The number of amides is 2. The number of nitrogens with one attached hydrogen (secondary N) is 2. The van der Waals surface area contributed by atoms with Crippen molar-refractivity contribution in [2.75, 3.05) is 11.9 Å².